The van der Waals surface area contributed by atoms with Crippen LogP contribution in [-0.4, -0.2) is 38.0 Å². The molecular weight excluding hydrogens is 233 g/mol. The van der Waals surface area contributed by atoms with E-state index in [1.165, 1.54) is 6.08 Å². The van der Waals surface area contributed by atoms with Crippen molar-refractivity contribution in [1.82, 2.24) is 5.32 Å². The van der Waals surface area contributed by atoms with Crippen molar-refractivity contribution in [3.05, 3.63) is 12.7 Å². The highest BCUT2D eigenvalue weighted by atomic mass is 35.5. The van der Waals surface area contributed by atoms with Crippen molar-refractivity contribution in [2.45, 2.75) is 5.63 Å². The number of hydrogen-bond acceptors (Lipinski definition) is 3. The van der Waals surface area contributed by atoms with E-state index in [2.05, 4.69) is 6.58 Å². The summed E-state index contributed by atoms with van der Waals surface area (Å²) in [4.78, 5) is 10.6. The molecule has 0 aromatic rings. The highest BCUT2D eigenvalue weighted by Crippen LogP contribution is 1.96. The third kappa shape index (κ3) is 5.93. The fourth-order valence-electron chi connectivity index (χ4n) is 0.670. The predicted molar refractivity (Wildman–Crippen MR) is 52.6 cm³/mol. The number of halogens is 2. The van der Waals surface area contributed by atoms with Crippen molar-refractivity contribution in [1.29, 1.82) is 0 Å². The molecule has 4 nitrogen and oxygen atoms in total. The van der Waals surface area contributed by atoms with Crippen LogP contribution in [0.1, 0.15) is 0 Å². The number of alkyl halides is 2. The van der Waals surface area contributed by atoms with Gasteiger partial charge in [0.1, 0.15) is 0 Å². The number of carbonyl (C=O) groups is 1. The van der Waals surface area contributed by atoms with Crippen molar-refractivity contribution in [2.24, 2.45) is 0 Å². The van der Waals surface area contributed by atoms with Crippen molar-refractivity contribution in [3.63, 3.8) is 0 Å². The average molecular weight is 244 g/mol. The molecule has 0 radical (unpaired) electrons. The summed E-state index contributed by atoms with van der Waals surface area (Å²) in [6.07, 6.45) is 1.25. The van der Waals surface area contributed by atoms with Crippen LogP contribution in [0.5, 0.6) is 0 Å². The zero-order valence-electron chi connectivity index (χ0n) is 7.37. The summed E-state index contributed by atoms with van der Waals surface area (Å²) in [7, 11) is -3.25. The number of nitrogens with one attached hydrogen (secondary N) is 1. The topological polar surface area (TPSA) is 63.2 Å². The fourth-order valence-corrected chi connectivity index (χ4v) is 1.69. The monoisotopic (exact) mass is 243 g/mol. The fraction of sp³-hybridized carbons (Fsp3) is 0.571. The van der Waals surface area contributed by atoms with Gasteiger partial charge in [0.05, 0.1) is 11.5 Å². The Labute approximate surface area is 87.0 Å². The molecule has 14 heavy (non-hydrogen) atoms. The van der Waals surface area contributed by atoms with Crippen molar-refractivity contribution in [2.75, 3.05) is 18.1 Å². The lowest BCUT2D eigenvalue weighted by Gasteiger charge is -2.04. The molecule has 82 valence electrons. The highest BCUT2D eigenvalue weighted by Gasteiger charge is 2.14. The number of carbonyl (C=O) groups excluding carboxylic acids is 1. The third-order valence-corrected chi connectivity index (χ3v) is 3.05. The molecule has 0 aliphatic rings. The predicted octanol–water partition coefficient (Wildman–Crippen LogP) is 0.238. The molecule has 1 unspecified atom stereocenters. The number of sulfone groups is 1. The second kappa shape index (κ2) is 5.98. The molecule has 0 fully saturated rings. The lowest BCUT2D eigenvalue weighted by Crippen LogP contribution is -2.33. The van der Waals surface area contributed by atoms with Gasteiger partial charge in [0.15, 0.2) is 9.84 Å². The van der Waals surface area contributed by atoms with E-state index in [1.54, 1.807) is 0 Å². The minimum atomic E-state index is -3.25. The van der Waals surface area contributed by atoms with E-state index in [0.29, 0.717) is 0 Å². The van der Waals surface area contributed by atoms with Gasteiger partial charge in [-0.25, -0.2) is 12.8 Å². The molecular formula is C7H11ClFNO3S. The first-order chi connectivity index (χ1) is 6.39. The van der Waals surface area contributed by atoms with Gasteiger partial charge in [-0.05, 0) is 0 Å². The molecule has 0 heterocycles. The summed E-state index contributed by atoms with van der Waals surface area (Å²) in [5, 5.41) is 2.04. The zero-order valence-corrected chi connectivity index (χ0v) is 8.94. The Morgan fingerprint density at radius 3 is 2.64 bits per heavy atom. The van der Waals surface area contributed by atoms with Crippen molar-refractivity contribution in [3.8, 4) is 0 Å². The molecule has 0 bridgehead atoms. The Balaban J connectivity index is 3.85. The van der Waals surface area contributed by atoms with Crippen LogP contribution >= 0.6 is 11.6 Å². The zero-order chi connectivity index (χ0) is 11.2. The van der Waals surface area contributed by atoms with Crippen LogP contribution < -0.4 is 5.32 Å². The SMILES string of the molecule is C=CCS(=O)(=O)CCNC(=O)C(F)Cl. The first-order valence-corrected chi connectivity index (χ1v) is 6.02. The van der Waals surface area contributed by atoms with Crippen LogP contribution in [0.4, 0.5) is 4.39 Å². The summed E-state index contributed by atoms with van der Waals surface area (Å²) >= 11 is 4.80. The van der Waals surface area contributed by atoms with Crippen LogP contribution in [0.3, 0.4) is 0 Å². The van der Waals surface area contributed by atoms with Crippen molar-refractivity contribution >= 4 is 27.3 Å². The molecule has 0 aliphatic heterocycles. The molecule has 0 aromatic carbocycles. The second-order valence-electron chi connectivity index (χ2n) is 2.49. The van der Waals surface area contributed by atoms with E-state index in [0.717, 1.165) is 0 Å². The van der Waals surface area contributed by atoms with Gasteiger partial charge in [0.2, 0.25) is 0 Å². The van der Waals surface area contributed by atoms with E-state index < -0.39 is 21.4 Å². The Morgan fingerprint density at radius 1 is 1.64 bits per heavy atom. The lowest BCUT2D eigenvalue weighted by atomic mass is 10.6. The largest absolute Gasteiger partial charge is 0.351 e. The van der Waals surface area contributed by atoms with E-state index in [1.807, 2.05) is 5.32 Å². The van der Waals surface area contributed by atoms with Crippen LogP contribution in [0.2, 0.25) is 0 Å². The minimum absolute atomic E-state index is 0.151. The maximum Gasteiger partial charge on any atom is 0.270 e. The maximum atomic E-state index is 12.1. The molecule has 7 heteroatoms. The van der Waals surface area contributed by atoms with Gasteiger partial charge < -0.3 is 5.32 Å². The summed E-state index contributed by atoms with van der Waals surface area (Å²) in [6, 6.07) is 0. The molecule has 0 saturated carbocycles. The summed E-state index contributed by atoms with van der Waals surface area (Å²) in [5.41, 5.74) is -2.14. The van der Waals surface area contributed by atoms with Crippen LogP contribution in [-0.2, 0) is 14.6 Å². The van der Waals surface area contributed by atoms with Gasteiger partial charge in [-0.3, -0.25) is 4.79 Å². The number of amides is 1. The quantitative estimate of drug-likeness (QED) is 0.537. The molecule has 0 spiro atoms. The molecule has 1 N–H and O–H groups in total. The molecule has 0 rings (SSSR count). The Hall–Kier alpha value is -0.620. The minimum Gasteiger partial charge on any atom is -0.351 e. The standard InChI is InChI=1S/C7H11ClFNO3S/c1-2-4-14(12,13)5-3-10-7(11)6(8)9/h2,6H,1,3-5H2,(H,10,11). The normalized spacial score (nSPS) is 13.3. The number of hydrogen-bond donors (Lipinski definition) is 1. The van der Waals surface area contributed by atoms with E-state index in [9.17, 15) is 17.6 Å². The Kier molecular flexibility index (Phi) is 5.71. The Morgan fingerprint density at radius 2 is 2.21 bits per heavy atom. The molecule has 0 saturated heterocycles. The third-order valence-electron chi connectivity index (χ3n) is 1.28. The highest BCUT2D eigenvalue weighted by molar-refractivity contribution is 7.91. The van der Waals surface area contributed by atoms with Crippen LogP contribution in [0.25, 0.3) is 0 Å². The number of rotatable bonds is 6. The van der Waals surface area contributed by atoms with Crippen LogP contribution in [0, 0.1) is 0 Å². The van der Waals surface area contributed by atoms with E-state index in [-0.39, 0.29) is 18.1 Å². The summed E-state index contributed by atoms with van der Waals surface area (Å²) < 4.78 is 34.1. The van der Waals surface area contributed by atoms with E-state index in [4.69, 9.17) is 11.6 Å². The molecule has 1 amide bonds. The summed E-state index contributed by atoms with van der Waals surface area (Å²) in [6.45, 7) is 3.12. The van der Waals surface area contributed by atoms with Gasteiger partial charge in [0, 0.05) is 6.54 Å². The first-order valence-electron chi connectivity index (χ1n) is 3.76. The molecule has 1 atom stereocenters. The van der Waals surface area contributed by atoms with Gasteiger partial charge >= 0.3 is 0 Å². The van der Waals surface area contributed by atoms with Crippen molar-refractivity contribution < 1.29 is 17.6 Å². The molecule has 0 aliphatic carbocycles. The van der Waals surface area contributed by atoms with Gasteiger partial charge in [-0.1, -0.05) is 17.7 Å². The Bertz CT molecular complexity index is 302. The van der Waals surface area contributed by atoms with Gasteiger partial charge in [0.25, 0.3) is 11.5 Å². The average Bonchev–Trinajstić information content (AvgIpc) is 2.03. The first kappa shape index (κ1) is 13.4. The van der Waals surface area contributed by atoms with Crippen LogP contribution in [0.15, 0.2) is 12.7 Å². The van der Waals surface area contributed by atoms with Gasteiger partial charge in [-0.2, -0.15) is 0 Å². The van der Waals surface area contributed by atoms with E-state index >= 15 is 0 Å². The van der Waals surface area contributed by atoms with Gasteiger partial charge in [-0.15, -0.1) is 6.58 Å². The second-order valence-corrected chi connectivity index (χ2v) is 5.11. The molecule has 0 aromatic heterocycles. The maximum absolute atomic E-state index is 12.1. The summed E-state index contributed by atoms with van der Waals surface area (Å²) in [5.74, 6) is -1.45. The smallest absolute Gasteiger partial charge is 0.270 e. The lowest BCUT2D eigenvalue weighted by molar-refractivity contribution is -0.123.